The van der Waals surface area contributed by atoms with Gasteiger partial charge in [0.15, 0.2) is 11.3 Å². The molecule has 0 aliphatic rings. The quantitative estimate of drug-likeness (QED) is 0.0190. The molecule has 0 aliphatic carbocycles. The number of aromatic nitrogens is 3. The summed E-state index contributed by atoms with van der Waals surface area (Å²) in [5.41, 5.74) is 1.08. The summed E-state index contributed by atoms with van der Waals surface area (Å²) in [6.45, 7) is 3.62. The van der Waals surface area contributed by atoms with Gasteiger partial charge in [-0.2, -0.15) is 44.0 Å². The molecule has 35 heteroatoms. The average molecular weight is 1230 g/mol. The van der Waals surface area contributed by atoms with Crippen molar-refractivity contribution in [3.63, 3.8) is 0 Å². The Labute approximate surface area is 463 Å². The molecule has 0 saturated carbocycles. The van der Waals surface area contributed by atoms with Crippen molar-refractivity contribution in [2.75, 3.05) is 23.9 Å². The van der Waals surface area contributed by atoms with E-state index in [-0.39, 0.29) is 109 Å². The van der Waals surface area contributed by atoms with Gasteiger partial charge in [-0.3, -0.25) is 22.6 Å². The van der Waals surface area contributed by atoms with Gasteiger partial charge >= 0.3 is 10.6 Å². The third kappa shape index (κ3) is 14.3. The van der Waals surface area contributed by atoms with Gasteiger partial charge in [0.05, 0.1) is 62.4 Å². The van der Waals surface area contributed by atoms with Crippen LogP contribution in [-0.4, -0.2) is 113 Å². The van der Waals surface area contributed by atoms with Gasteiger partial charge in [0, 0.05) is 27.5 Å². The third-order valence-corrected chi connectivity index (χ3v) is 16.9. The number of rotatable bonds is 19. The summed E-state index contributed by atoms with van der Waals surface area (Å²) >= 11 is 2.11. The molecule has 0 saturated heterocycles. The summed E-state index contributed by atoms with van der Waals surface area (Å²) in [7, 11) is -21.2. The number of thioether (sulfide) groups is 1. The van der Waals surface area contributed by atoms with Gasteiger partial charge in [0.2, 0.25) is 11.0 Å². The Kier molecular flexibility index (Phi) is 18.2. The molecule has 6 N–H and O–H groups in total. The third-order valence-electron chi connectivity index (χ3n) is 11.3. The van der Waals surface area contributed by atoms with Gasteiger partial charge in [0.25, 0.3) is 40.5 Å². The number of azo groups is 3. The Balaban J connectivity index is 0.00000223. The van der Waals surface area contributed by atoms with Crippen LogP contribution < -0.4 is 4.74 Å². The van der Waals surface area contributed by atoms with Crippen molar-refractivity contribution in [2.24, 2.45) is 30.7 Å². The van der Waals surface area contributed by atoms with Crippen LogP contribution in [-0.2, 0) is 57.7 Å². The van der Waals surface area contributed by atoms with Gasteiger partial charge < -0.3 is 14.9 Å². The summed E-state index contributed by atoms with van der Waals surface area (Å²) < 4.78 is 166. The lowest BCUT2D eigenvalue weighted by Crippen LogP contribution is -2.08. The Morgan fingerprint density at radius 1 is 0.738 bits per heavy atom. The lowest BCUT2D eigenvalue weighted by molar-refractivity contribution is 0.282. The molecule has 80 heavy (non-hydrogen) atoms. The van der Waals surface area contributed by atoms with Gasteiger partial charge in [-0.05, 0) is 92.3 Å². The number of hydrogen-bond acceptors (Lipinski definition) is 25. The monoisotopic (exact) mass is 1230 g/mol. The zero-order chi connectivity index (χ0) is 58.6. The van der Waals surface area contributed by atoms with Crippen LogP contribution in [0, 0.1) is 32.1 Å². The van der Waals surface area contributed by atoms with E-state index in [1.54, 1.807) is 31.2 Å². The minimum atomic E-state index is -4.71. The van der Waals surface area contributed by atoms with Gasteiger partial charge in [-0.15, -0.1) is 50.0 Å². The molecule has 0 spiro atoms. The Morgan fingerprint density at radius 2 is 1.38 bits per heavy atom. The van der Waals surface area contributed by atoms with Gasteiger partial charge in [-0.25, -0.2) is 9.97 Å². The largest absolute Gasteiger partial charge is 0.493 e. The van der Waals surface area contributed by atoms with Crippen LogP contribution in [0.2, 0.25) is 0 Å². The van der Waals surface area contributed by atoms with Crippen LogP contribution in [0.1, 0.15) is 40.7 Å². The van der Waals surface area contributed by atoms with Crippen LogP contribution >= 0.6 is 23.1 Å². The average Bonchev–Trinajstić information content (AvgIpc) is 4.03. The molecule has 0 fully saturated rings. The number of fused-ring (bicyclic) bond motifs is 6. The highest BCUT2D eigenvalue weighted by Crippen LogP contribution is 2.44. The molecule has 420 valence electrons. The molecular weight excluding hydrogens is 1190 g/mol. The van der Waals surface area contributed by atoms with Gasteiger partial charge in [-0.1, -0.05) is 35.6 Å². The molecule has 0 amide bonds. The fourth-order valence-corrected chi connectivity index (χ4v) is 12.3. The zero-order valence-electron chi connectivity index (χ0n) is 41.2. The number of nitrogens with zero attached hydrogens (tertiary/aromatic N) is 10. The first kappa shape index (κ1) is 60.3. The number of aryl methyl sites for hydroxylation is 2. The highest BCUT2D eigenvalue weighted by atomic mass is 32.2. The minimum Gasteiger partial charge on any atom is -0.493 e. The zero-order valence-corrected chi connectivity index (χ0v) is 46.9. The SMILES string of the molecule is Cc1cc(N=Nc2c(C)c(C#N)c3nc4cc(S(=O)(=O)O)c(C)cc4n3c2O)c(OCCCS(=O)(=O)O)cc1N=Nc1cc(CO)c(N=Nc2nc3c(S(=O)(=O)O)cc4ccccc4c3s2)cc1SCCCS(=O)(=O)O.O=S(=O)=O. The second-order valence-corrected chi connectivity index (χ2v) is 25.3. The van der Waals surface area contributed by atoms with Crippen molar-refractivity contribution in [1.29, 1.82) is 5.26 Å². The molecule has 8 aromatic rings. The number of pyridine rings is 1. The number of ether oxygens (including phenoxy) is 1. The van der Waals surface area contributed by atoms with Crippen molar-refractivity contribution in [3.8, 4) is 17.7 Å². The van der Waals surface area contributed by atoms with E-state index >= 15 is 0 Å². The minimum absolute atomic E-state index is 0.00130. The summed E-state index contributed by atoms with van der Waals surface area (Å²) in [5.74, 6) is -1.67. The predicted molar refractivity (Wildman–Crippen MR) is 289 cm³/mol. The number of benzene rings is 5. The van der Waals surface area contributed by atoms with E-state index in [1.165, 1.54) is 54.6 Å². The fraction of sp³-hybridized carbons (Fsp3) is 0.222. The smallest absolute Gasteiger partial charge is 0.425 e. The number of hydrogen-bond donors (Lipinski definition) is 6. The number of aliphatic hydroxyl groups is 1. The second-order valence-electron chi connectivity index (χ2n) is 16.9. The molecule has 28 nitrogen and oxygen atoms in total. The van der Waals surface area contributed by atoms with Crippen molar-refractivity contribution >= 4 is 145 Å². The first-order valence-electron chi connectivity index (χ1n) is 22.4. The highest BCUT2D eigenvalue weighted by molar-refractivity contribution is 7.99. The molecule has 0 atom stereocenters. The van der Waals surface area contributed by atoms with Crippen LogP contribution in [0.3, 0.4) is 0 Å². The summed E-state index contributed by atoms with van der Waals surface area (Å²) in [6.07, 6.45) is -0.177. The number of aliphatic hydroxyl groups excluding tert-OH is 1. The molecule has 0 radical (unpaired) electrons. The molecule has 8 rings (SSSR count). The Hall–Kier alpha value is -7.34. The van der Waals surface area contributed by atoms with E-state index < -0.39 is 84.9 Å². The van der Waals surface area contributed by atoms with Crippen molar-refractivity contribution in [3.05, 3.63) is 94.5 Å². The van der Waals surface area contributed by atoms with E-state index in [4.69, 9.17) is 17.4 Å². The maximum atomic E-state index is 12.4. The normalized spacial score (nSPS) is 12.6. The second kappa shape index (κ2) is 24.2. The number of thiazole rings is 1. The molecular formula is C45H40N10O18S7. The molecule has 0 bridgehead atoms. The maximum absolute atomic E-state index is 12.4. The highest BCUT2D eigenvalue weighted by Gasteiger charge is 2.25. The Bertz CT molecular complexity index is 4560. The molecule has 3 heterocycles. The van der Waals surface area contributed by atoms with Crippen LogP contribution in [0.5, 0.6) is 11.6 Å². The predicted octanol–water partition coefficient (Wildman–Crippen LogP) is 9.01. The summed E-state index contributed by atoms with van der Waals surface area (Å²) in [5, 5.41) is 59.6. The summed E-state index contributed by atoms with van der Waals surface area (Å²) in [4.78, 5) is 8.19. The summed E-state index contributed by atoms with van der Waals surface area (Å²) in [6, 6.07) is 18.4. The lowest BCUT2D eigenvalue weighted by atomic mass is 10.1. The van der Waals surface area contributed by atoms with E-state index in [9.17, 15) is 67.4 Å². The first-order valence-corrected chi connectivity index (χ1v) is 31.3. The van der Waals surface area contributed by atoms with E-state index in [2.05, 4.69) is 40.7 Å². The van der Waals surface area contributed by atoms with E-state index in [1.807, 2.05) is 6.07 Å². The van der Waals surface area contributed by atoms with Crippen molar-refractivity contribution < 1.29 is 79.5 Å². The topological polar surface area (TPSA) is 447 Å². The van der Waals surface area contributed by atoms with Gasteiger partial charge in [0.1, 0.15) is 33.5 Å². The molecule has 3 aromatic heterocycles. The van der Waals surface area contributed by atoms with E-state index in [0.717, 1.165) is 29.2 Å². The maximum Gasteiger partial charge on any atom is 0.425 e. The van der Waals surface area contributed by atoms with Crippen LogP contribution in [0.25, 0.3) is 37.7 Å². The first-order chi connectivity index (χ1) is 37.5. The van der Waals surface area contributed by atoms with E-state index in [0.29, 0.717) is 25.9 Å². The number of imidazole rings is 1. The lowest BCUT2D eigenvalue weighted by Gasteiger charge is -2.12. The fourth-order valence-electron chi connectivity index (χ4n) is 7.75. The van der Waals surface area contributed by atoms with Crippen LogP contribution in [0.4, 0.5) is 33.6 Å². The van der Waals surface area contributed by atoms with Crippen molar-refractivity contribution in [1.82, 2.24) is 14.4 Å². The number of aromatic hydroxyl groups is 1. The van der Waals surface area contributed by atoms with Crippen LogP contribution in [0.15, 0.2) is 112 Å². The number of nitriles is 1. The molecule has 5 aromatic carbocycles. The Morgan fingerprint density at radius 3 is 2.02 bits per heavy atom. The standard InChI is InChI=1S/C45H40N10O15S6.O3S/c1-23-14-33(51-53-40-25(3)29(21-46)43-47-32-20-38(75(64,65)66)24(2)15-35(32)55(43)44(40)57)36(70-10-6-12-73(58,59)60)18-30(23)49-52-34-16-27(22-56)31(19-37(34)71-11-7-13-74(61,62)63)50-54-45-48-41-39(76(67,68)69)17-26-8-4-5-9-28(26)42(41)72-45;1-4(2)3/h4-5,8-9,14-20,56-57H,6-7,10-13,22H2,1-3H3,(H,58,59,60)(H,61,62,63)(H,64,65,66)(H,67,68,69);. The van der Waals surface area contributed by atoms with Crippen molar-refractivity contribution in [2.45, 2.75) is 54.9 Å². The molecule has 0 unspecified atom stereocenters. The molecule has 0 aliphatic heterocycles.